The predicted octanol–water partition coefficient (Wildman–Crippen LogP) is 3.51. The maximum atomic E-state index is 12.3. The summed E-state index contributed by atoms with van der Waals surface area (Å²) in [6, 6.07) is 9.63. The summed E-state index contributed by atoms with van der Waals surface area (Å²) in [7, 11) is 0. The molecule has 1 aromatic carbocycles. The van der Waals surface area contributed by atoms with Crippen molar-refractivity contribution in [2.24, 2.45) is 0 Å². The van der Waals surface area contributed by atoms with Crippen LogP contribution in [0.15, 0.2) is 40.5 Å². The maximum absolute atomic E-state index is 12.3. The highest BCUT2D eigenvalue weighted by molar-refractivity contribution is 7.71. The van der Waals surface area contributed by atoms with Gasteiger partial charge in [-0.1, -0.05) is 12.1 Å². The first kappa shape index (κ1) is 14.0. The van der Waals surface area contributed by atoms with Gasteiger partial charge < -0.3 is 9.72 Å². The van der Waals surface area contributed by atoms with Crippen molar-refractivity contribution >= 4 is 33.8 Å². The number of aromatic nitrogens is 2. The van der Waals surface area contributed by atoms with Gasteiger partial charge in [0.15, 0.2) is 4.77 Å². The van der Waals surface area contributed by atoms with E-state index in [0.717, 1.165) is 16.1 Å². The number of nitrogens with zero attached hydrogens (tertiary/aromatic N) is 1. The van der Waals surface area contributed by atoms with Crippen LogP contribution in [0.3, 0.4) is 0 Å². The van der Waals surface area contributed by atoms with E-state index in [-0.39, 0.29) is 5.56 Å². The smallest absolute Gasteiger partial charge is 0.263 e. The van der Waals surface area contributed by atoms with Gasteiger partial charge >= 0.3 is 0 Å². The van der Waals surface area contributed by atoms with E-state index in [2.05, 4.69) is 4.98 Å². The normalized spacial score (nSPS) is 10.9. The second-order valence-corrected chi connectivity index (χ2v) is 6.02. The van der Waals surface area contributed by atoms with Gasteiger partial charge in [0.2, 0.25) is 0 Å². The number of rotatable bonds is 4. The van der Waals surface area contributed by atoms with Crippen molar-refractivity contribution < 1.29 is 4.74 Å². The van der Waals surface area contributed by atoms with Gasteiger partial charge in [-0.3, -0.25) is 9.36 Å². The van der Waals surface area contributed by atoms with E-state index in [4.69, 9.17) is 17.0 Å². The van der Waals surface area contributed by atoms with E-state index in [1.807, 2.05) is 42.6 Å². The van der Waals surface area contributed by atoms with Crippen LogP contribution in [0, 0.1) is 11.7 Å². The largest absolute Gasteiger partial charge is 0.492 e. The number of nitrogens with one attached hydrogen (secondary N) is 1. The molecule has 0 fully saturated rings. The Hall–Kier alpha value is -1.92. The molecule has 4 nitrogen and oxygen atoms in total. The number of thiophene rings is 1. The second-order valence-electron chi connectivity index (χ2n) is 4.72. The summed E-state index contributed by atoms with van der Waals surface area (Å²) >= 11 is 6.72. The van der Waals surface area contributed by atoms with Gasteiger partial charge in [-0.05, 0) is 48.3 Å². The molecule has 21 heavy (non-hydrogen) atoms. The third-order valence-electron chi connectivity index (χ3n) is 3.18. The van der Waals surface area contributed by atoms with Crippen LogP contribution >= 0.6 is 23.6 Å². The van der Waals surface area contributed by atoms with E-state index in [0.29, 0.717) is 23.3 Å². The number of ether oxygens (including phenoxy) is 1. The molecule has 0 amide bonds. The average Bonchev–Trinajstić information content (AvgIpc) is 2.91. The van der Waals surface area contributed by atoms with E-state index in [9.17, 15) is 4.79 Å². The molecule has 2 heterocycles. The van der Waals surface area contributed by atoms with Crippen molar-refractivity contribution in [1.82, 2.24) is 9.55 Å². The molecule has 0 atom stereocenters. The van der Waals surface area contributed by atoms with Crippen molar-refractivity contribution in [2.75, 3.05) is 6.61 Å². The number of aromatic amines is 1. The number of hydrogen-bond acceptors (Lipinski definition) is 4. The summed E-state index contributed by atoms with van der Waals surface area (Å²) in [5, 5.41) is 2.55. The van der Waals surface area contributed by atoms with Crippen LogP contribution in [0.1, 0.15) is 5.56 Å². The molecule has 0 spiro atoms. The zero-order valence-electron chi connectivity index (χ0n) is 11.5. The fourth-order valence-corrected chi connectivity index (χ4v) is 3.26. The minimum absolute atomic E-state index is 0.0668. The van der Waals surface area contributed by atoms with Crippen LogP contribution in [0.5, 0.6) is 5.75 Å². The van der Waals surface area contributed by atoms with Crippen molar-refractivity contribution in [1.29, 1.82) is 0 Å². The molecule has 0 unspecified atom stereocenters. The summed E-state index contributed by atoms with van der Waals surface area (Å²) in [6.07, 6.45) is 0. The minimum Gasteiger partial charge on any atom is -0.492 e. The Kier molecular flexibility index (Phi) is 3.90. The molecule has 0 saturated carbocycles. The molecule has 0 bridgehead atoms. The summed E-state index contributed by atoms with van der Waals surface area (Å²) in [4.78, 5) is 16.2. The zero-order chi connectivity index (χ0) is 14.8. The lowest BCUT2D eigenvalue weighted by molar-refractivity contribution is 0.295. The first-order valence-corrected chi connectivity index (χ1v) is 7.84. The SMILES string of the molecule is Cc1cccc(OCCn2c(=S)[nH]c3sccc3c2=O)c1. The van der Waals surface area contributed by atoms with Gasteiger partial charge in [-0.2, -0.15) is 0 Å². The number of fused-ring (bicyclic) bond motifs is 1. The Balaban J connectivity index is 1.79. The molecule has 3 aromatic rings. The van der Waals surface area contributed by atoms with Crippen LogP contribution in [0.4, 0.5) is 0 Å². The Bertz CT molecular complexity index is 892. The summed E-state index contributed by atoms with van der Waals surface area (Å²) in [5.41, 5.74) is 1.07. The Morgan fingerprint density at radius 3 is 3.05 bits per heavy atom. The predicted molar refractivity (Wildman–Crippen MR) is 87.9 cm³/mol. The monoisotopic (exact) mass is 318 g/mol. The minimum atomic E-state index is -0.0668. The van der Waals surface area contributed by atoms with Crippen LogP contribution in [0.2, 0.25) is 0 Å². The Labute approximate surface area is 130 Å². The molecular weight excluding hydrogens is 304 g/mol. The number of benzene rings is 1. The average molecular weight is 318 g/mol. The van der Waals surface area contributed by atoms with Crippen LogP contribution < -0.4 is 10.3 Å². The lowest BCUT2D eigenvalue weighted by Crippen LogP contribution is -2.24. The molecule has 3 rings (SSSR count). The molecule has 2 aromatic heterocycles. The molecule has 0 aliphatic rings. The molecular formula is C15H14N2O2S2. The molecule has 0 saturated heterocycles. The maximum Gasteiger partial charge on any atom is 0.263 e. The summed E-state index contributed by atoms with van der Waals surface area (Å²) in [6.45, 7) is 2.84. The Morgan fingerprint density at radius 2 is 2.24 bits per heavy atom. The first-order chi connectivity index (χ1) is 10.1. The van der Waals surface area contributed by atoms with Crippen molar-refractivity contribution in [3.05, 3.63) is 56.4 Å². The lowest BCUT2D eigenvalue weighted by Gasteiger charge is -2.09. The van der Waals surface area contributed by atoms with E-state index in [1.165, 1.54) is 11.3 Å². The van der Waals surface area contributed by atoms with Crippen molar-refractivity contribution in [3.8, 4) is 5.75 Å². The zero-order valence-corrected chi connectivity index (χ0v) is 13.1. The van der Waals surface area contributed by atoms with Gasteiger partial charge in [0.05, 0.1) is 11.9 Å². The second kappa shape index (κ2) is 5.83. The highest BCUT2D eigenvalue weighted by Gasteiger charge is 2.06. The fraction of sp³-hybridized carbons (Fsp3) is 0.200. The van der Waals surface area contributed by atoms with Crippen LogP contribution in [-0.4, -0.2) is 16.2 Å². The number of aryl methyl sites for hydroxylation is 1. The molecule has 0 radical (unpaired) electrons. The highest BCUT2D eigenvalue weighted by atomic mass is 32.1. The molecule has 108 valence electrons. The van der Waals surface area contributed by atoms with Crippen LogP contribution in [-0.2, 0) is 6.54 Å². The topological polar surface area (TPSA) is 47.0 Å². The Morgan fingerprint density at radius 1 is 1.38 bits per heavy atom. The van der Waals surface area contributed by atoms with Gasteiger partial charge in [0.25, 0.3) is 5.56 Å². The van der Waals surface area contributed by atoms with Crippen molar-refractivity contribution in [2.45, 2.75) is 13.5 Å². The molecule has 0 aliphatic heterocycles. The standard InChI is InChI=1S/C15H14N2O2S2/c1-10-3-2-4-11(9-10)19-7-6-17-14(18)12-5-8-21-13(12)16-15(17)20/h2-5,8-9H,6-7H2,1H3,(H,16,20). The van der Waals surface area contributed by atoms with Gasteiger partial charge in [0, 0.05) is 0 Å². The first-order valence-electron chi connectivity index (χ1n) is 6.55. The van der Waals surface area contributed by atoms with Crippen molar-refractivity contribution in [3.63, 3.8) is 0 Å². The van der Waals surface area contributed by atoms with E-state index in [1.54, 1.807) is 4.57 Å². The summed E-state index contributed by atoms with van der Waals surface area (Å²) in [5.74, 6) is 0.801. The molecule has 1 N–H and O–H groups in total. The summed E-state index contributed by atoms with van der Waals surface area (Å²) < 4.78 is 7.65. The van der Waals surface area contributed by atoms with E-state index >= 15 is 0 Å². The molecule has 6 heteroatoms. The lowest BCUT2D eigenvalue weighted by atomic mass is 10.2. The van der Waals surface area contributed by atoms with Gasteiger partial charge in [0.1, 0.15) is 17.2 Å². The highest BCUT2D eigenvalue weighted by Crippen LogP contribution is 2.14. The molecule has 0 aliphatic carbocycles. The fourth-order valence-electron chi connectivity index (χ4n) is 2.14. The van der Waals surface area contributed by atoms with Gasteiger partial charge in [-0.15, -0.1) is 11.3 Å². The van der Waals surface area contributed by atoms with Crippen LogP contribution in [0.25, 0.3) is 10.2 Å². The third kappa shape index (κ3) is 2.91. The van der Waals surface area contributed by atoms with Gasteiger partial charge in [-0.25, -0.2) is 0 Å². The quantitative estimate of drug-likeness (QED) is 0.749. The number of hydrogen-bond donors (Lipinski definition) is 1. The number of H-pyrrole nitrogens is 1. The third-order valence-corrected chi connectivity index (χ3v) is 4.33. The van der Waals surface area contributed by atoms with E-state index < -0.39 is 0 Å².